The Morgan fingerprint density at radius 2 is 1.76 bits per heavy atom. The maximum Gasteiger partial charge on any atom is 0.231 e. The number of hydrogen-bond donors (Lipinski definition) is 1. The average Bonchev–Trinajstić information content (AvgIpc) is 2.69. The SMILES string of the molecule is CC(C)(C)C(=O)C(=O)c1c[nH]c2ccccc12. The maximum absolute atomic E-state index is 12.1. The van der Waals surface area contributed by atoms with E-state index < -0.39 is 11.2 Å². The van der Waals surface area contributed by atoms with E-state index in [4.69, 9.17) is 0 Å². The minimum atomic E-state index is -0.643. The lowest BCUT2D eigenvalue weighted by atomic mass is 9.86. The predicted molar refractivity (Wildman–Crippen MR) is 67.1 cm³/mol. The Bertz CT molecular complexity index is 588. The van der Waals surface area contributed by atoms with Gasteiger partial charge in [0.05, 0.1) is 5.56 Å². The first-order chi connectivity index (χ1) is 7.91. The molecule has 0 aliphatic carbocycles. The fourth-order valence-electron chi connectivity index (χ4n) is 1.72. The van der Waals surface area contributed by atoms with Crippen LogP contribution < -0.4 is 0 Å². The molecule has 0 saturated heterocycles. The smallest absolute Gasteiger partial charge is 0.231 e. The highest BCUT2D eigenvalue weighted by atomic mass is 16.2. The minimum Gasteiger partial charge on any atom is -0.360 e. The standard InChI is InChI=1S/C14H15NO2/c1-14(2,3)13(17)12(16)10-8-15-11-7-5-4-6-9(10)11/h4-8,15H,1-3H3. The second kappa shape index (κ2) is 3.84. The molecule has 0 amide bonds. The highest BCUT2D eigenvalue weighted by Gasteiger charge is 2.30. The molecule has 1 aromatic heterocycles. The molecule has 0 bridgehead atoms. The predicted octanol–water partition coefficient (Wildman–Crippen LogP) is 2.97. The molecule has 1 heterocycles. The summed E-state index contributed by atoms with van der Waals surface area (Å²) in [4.78, 5) is 27.0. The summed E-state index contributed by atoms with van der Waals surface area (Å²) in [6.45, 7) is 5.26. The van der Waals surface area contributed by atoms with Crippen LogP contribution >= 0.6 is 0 Å². The van der Waals surface area contributed by atoms with Crippen molar-refractivity contribution in [2.45, 2.75) is 20.8 Å². The zero-order valence-corrected chi connectivity index (χ0v) is 10.2. The van der Waals surface area contributed by atoms with Gasteiger partial charge in [0.15, 0.2) is 0 Å². The van der Waals surface area contributed by atoms with Crippen LogP contribution in [0.4, 0.5) is 0 Å². The number of hydrogen-bond acceptors (Lipinski definition) is 2. The molecule has 2 aromatic rings. The van der Waals surface area contributed by atoms with Gasteiger partial charge in [0, 0.05) is 22.5 Å². The number of benzene rings is 1. The lowest BCUT2D eigenvalue weighted by Gasteiger charge is -2.14. The minimum absolute atomic E-state index is 0.359. The monoisotopic (exact) mass is 229 g/mol. The molecule has 17 heavy (non-hydrogen) atoms. The number of Topliss-reactive ketones (excluding diaryl/α,β-unsaturated/α-hetero) is 2. The van der Waals surface area contributed by atoms with Gasteiger partial charge < -0.3 is 4.98 Å². The van der Waals surface area contributed by atoms with E-state index in [9.17, 15) is 9.59 Å². The third-order valence-electron chi connectivity index (χ3n) is 2.72. The van der Waals surface area contributed by atoms with Crippen LogP contribution in [0, 0.1) is 5.41 Å². The van der Waals surface area contributed by atoms with Gasteiger partial charge in [-0.15, -0.1) is 0 Å². The van der Waals surface area contributed by atoms with E-state index in [-0.39, 0.29) is 5.78 Å². The number of aromatic amines is 1. The Labute approximate surface area is 99.8 Å². The molecule has 0 fully saturated rings. The third kappa shape index (κ3) is 2.00. The lowest BCUT2D eigenvalue weighted by molar-refractivity contribution is -0.121. The van der Waals surface area contributed by atoms with E-state index in [1.54, 1.807) is 27.0 Å². The average molecular weight is 229 g/mol. The van der Waals surface area contributed by atoms with Crippen LogP contribution in [0.15, 0.2) is 30.5 Å². The normalized spacial score (nSPS) is 11.7. The van der Waals surface area contributed by atoms with Crippen LogP contribution in [0.1, 0.15) is 31.1 Å². The maximum atomic E-state index is 12.1. The van der Waals surface area contributed by atoms with Crippen molar-refractivity contribution in [1.29, 1.82) is 0 Å². The topological polar surface area (TPSA) is 49.9 Å². The van der Waals surface area contributed by atoms with Crippen molar-refractivity contribution in [1.82, 2.24) is 4.98 Å². The van der Waals surface area contributed by atoms with Crippen molar-refractivity contribution in [3.05, 3.63) is 36.0 Å². The summed E-state index contributed by atoms with van der Waals surface area (Å²) in [7, 11) is 0. The van der Waals surface area contributed by atoms with E-state index in [1.807, 2.05) is 24.3 Å². The Balaban J connectivity index is 2.48. The van der Waals surface area contributed by atoms with Crippen molar-refractivity contribution >= 4 is 22.5 Å². The second-order valence-corrected chi connectivity index (χ2v) is 5.16. The molecule has 0 saturated carbocycles. The van der Waals surface area contributed by atoms with E-state index in [0.29, 0.717) is 5.56 Å². The molecule has 3 heteroatoms. The summed E-state index contributed by atoms with van der Waals surface area (Å²) >= 11 is 0. The first-order valence-electron chi connectivity index (χ1n) is 5.56. The fourth-order valence-corrected chi connectivity index (χ4v) is 1.72. The Morgan fingerprint density at radius 1 is 1.12 bits per heavy atom. The second-order valence-electron chi connectivity index (χ2n) is 5.16. The molecule has 1 N–H and O–H groups in total. The van der Waals surface area contributed by atoms with Crippen molar-refractivity contribution < 1.29 is 9.59 Å². The van der Waals surface area contributed by atoms with Crippen molar-refractivity contribution in [2.24, 2.45) is 5.41 Å². The van der Waals surface area contributed by atoms with Crippen LogP contribution in [-0.4, -0.2) is 16.6 Å². The van der Waals surface area contributed by atoms with Gasteiger partial charge in [-0.25, -0.2) is 0 Å². The Hall–Kier alpha value is -1.90. The number of H-pyrrole nitrogens is 1. The summed E-state index contributed by atoms with van der Waals surface area (Å²) in [5.41, 5.74) is 0.688. The Kier molecular flexibility index (Phi) is 2.62. The number of ketones is 2. The van der Waals surface area contributed by atoms with E-state index in [1.165, 1.54) is 0 Å². The van der Waals surface area contributed by atoms with Crippen molar-refractivity contribution in [3.63, 3.8) is 0 Å². The van der Waals surface area contributed by atoms with Gasteiger partial charge in [-0.1, -0.05) is 39.0 Å². The molecule has 2 rings (SSSR count). The van der Waals surface area contributed by atoms with Crippen LogP contribution in [0.2, 0.25) is 0 Å². The third-order valence-corrected chi connectivity index (χ3v) is 2.72. The van der Waals surface area contributed by atoms with Crippen LogP contribution in [-0.2, 0) is 4.79 Å². The number of carbonyl (C=O) groups excluding carboxylic acids is 2. The lowest BCUT2D eigenvalue weighted by Crippen LogP contribution is -2.28. The first-order valence-corrected chi connectivity index (χ1v) is 5.56. The zero-order valence-electron chi connectivity index (χ0n) is 10.2. The fraction of sp³-hybridized carbons (Fsp3) is 0.286. The molecule has 0 aliphatic rings. The highest BCUT2D eigenvalue weighted by Crippen LogP contribution is 2.23. The molecule has 0 unspecified atom stereocenters. The van der Waals surface area contributed by atoms with Gasteiger partial charge in [0.25, 0.3) is 0 Å². The van der Waals surface area contributed by atoms with Crippen molar-refractivity contribution in [3.8, 4) is 0 Å². The van der Waals surface area contributed by atoms with Gasteiger partial charge in [0.1, 0.15) is 0 Å². The summed E-state index contributed by atoms with van der Waals surface area (Å²) in [5.74, 6) is -0.780. The van der Waals surface area contributed by atoms with E-state index >= 15 is 0 Å². The number of carbonyl (C=O) groups is 2. The molecule has 0 atom stereocenters. The number of rotatable bonds is 2. The molecular weight excluding hydrogens is 214 g/mol. The van der Waals surface area contributed by atoms with Gasteiger partial charge in [-0.2, -0.15) is 0 Å². The molecule has 0 aliphatic heterocycles. The van der Waals surface area contributed by atoms with Crippen LogP contribution in [0.5, 0.6) is 0 Å². The molecular formula is C14H15NO2. The zero-order chi connectivity index (χ0) is 12.6. The largest absolute Gasteiger partial charge is 0.360 e. The van der Waals surface area contributed by atoms with Gasteiger partial charge in [0.2, 0.25) is 11.6 Å². The number of fused-ring (bicyclic) bond motifs is 1. The molecule has 0 radical (unpaired) electrons. The summed E-state index contributed by atoms with van der Waals surface area (Å²) in [5, 5.41) is 0.801. The summed E-state index contributed by atoms with van der Waals surface area (Å²) < 4.78 is 0. The first kappa shape index (κ1) is 11.6. The molecule has 1 aromatic carbocycles. The van der Waals surface area contributed by atoms with Gasteiger partial charge in [-0.3, -0.25) is 9.59 Å². The number of nitrogens with one attached hydrogen (secondary N) is 1. The van der Waals surface area contributed by atoms with Crippen LogP contribution in [0.3, 0.4) is 0 Å². The molecule has 3 nitrogen and oxygen atoms in total. The van der Waals surface area contributed by atoms with Gasteiger partial charge >= 0.3 is 0 Å². The highest BCUT2D eigenvalue weighted by molar-refractivity contribution is 6.47. The van der Waals surface area contributed by atoms with Crippen molar-refractivity contribution in [2.75, 3.05) is 0 Å². The number of para-hydroxylation sites is 1. The van der Waals surface area contributed by atoms with Crippen LogP contribution in [0.25, 0.3) is 10.9 Å². The Morgan fingerprint density at radius 3 is 2.41 bits per heavy atom. The molecule has 88 valence electrons. The summed E-state index contributed by atoms with van der Waals surface area (Å²) in [6, 6.07) is 7.47. The van der Waals surface area contributed by atoms with E-state index in [2.05, 4.69) is 4.98 Å². The van der Waals surface area contributed by atoms with Gasteiger partial charge in [-0.05, 0) is 6.07 Å². The number of aromatic nitrogens is 1. The van der Waals surface area contributed by atoms with E-state index in [0.717, 1.165) is 10.9 Å². The molecule has 0 spiro atoms. The quantitative estimate of drug-likeness (QED) is 0.635. The summed E-state index contributed by atoms with van der Waals surface area (Å²) in [6.07, 6.45) is 1.61.